The largest absolute Gasteiger partial charge is 0.349 e. The highest BCUT2D eigenvalue weighted by molar-refractivity contribution is 6.42. The number of halogens is 2. The van der Waals surface area contributed by atoms with Crippen molar-refractivity contribution in [3.8, 4) is 0 Å². The van der Waals surface area contributed by atoms with Gasteiger partial charge in [-0.3, -0.25) is 4.79 Å². The van der Waals surface area contributed by atoms with Gasteiger partial charge in [0.2, 0.25) is 5.91 Å². The van der Waals surface area contributed by atoms with Crippen LogP contribution in [-0.2, 0) is 10.2 Å². The second-order valence-corrected chi connectivity index (χ2v) is 6.63. The van der Waals surface area contributed by atoms with Crippen molar-refractivity contribution < 1.29 is 4.79 Å². The highest BCUT2D eigenvalue weighted by atomic mass is 35.5. The molecule has 0 aliphatic heterocycles. The third-order valence-corrected chi connectivity index (χ3v) is 5.04. The Hall–Kier alpha value is -1.51. The predicted molar refractivity (Wildman–Crippen MR) is 90.4 cm³/mol. The van der Waals surface area contributed by atoms with E-state index in [1.54, 1.807) is 12.1 Å². The van der Waals surface area contributed by atoms with Gasteiger partial charge in [0.25, 0.3) is 0 Å². The van der Waals surface area contributed by atoms with E-state index < -0.39 is 0 Å². The van der Waals surface area contributed by atoms with Crippen molar-refractivity contribution in [2.45, 2.75) is 31.2 Å². The lowest BCUT2D eigenvalue weighted by molar-refractivity contribution is -0.124. The smallest absolute Gasteiger partial charge is 0.231 e. The molecule has 0 heterocycles. The van der Waals surface area contributed by atoms with Crippen molar-refractivity contribution in [3.63, 3.8) is 0 Å². The van der Waals surface area contributed by atoms with Crippen LogP contribution < -0.4 is 5.32 Å². The molecule has 0 radical (unpaired) electrons. The summed E-state index contributed by atoms with van der Waals surface area (Å²) in [6, 6.07) is 15.3. The minimum absolute atomic E-state index is 0.0808. The molecular weight excluding hydrogens is 317 g/mol. The summed E-state index contributed by atoms with van der Waals surface area (Å²) in [4.78, 5) is 12.7. The molecule has 2 nitrogen and oxygen atoms in total. The summed E-state index contributed by atoms with van der Waals surface area (Å²) in [7, 11) is 0. The molecule has 0 saturated heterocycles. The summed E-state index contributed by atoms with van der Waals surface area (Å²) in [6.07, 6.45) is 1.80. The van der Waals surface area contributed by atoms with Gasteiger partial charge >= 0.3 is 0 Å². The maximum Gasteiger partial charge on any atom is 0.231 e. The molecule has 2 aromatic rings. The van der Waals surface area contributed by atoms with Crippen LogP contribution in [0.3, 0.4) is 0 Å². The molecule has 0 aromatic heterocycles. The molecule has 3 rings (SSSR count). The Labute approximate surface area is 140 Å². The molecule has 1 unspecified atom stereocenters. The Bertz CT molecular complexity index is 695. The van der Waals surface area contributed by atoms with Gasteiger partial charge in [-0.05, 0) is 43.0 Å². The first kappa shape index (κ1) is 15.4. The van der Waals surface area contributed by atoms with Gasteiger partial charge in [0.05, 0.1) is 21.5 Å². The monoisotopic (exact) mass is 333 g/mol. The number of rotatable bonds is 4. The Kier molecular flexibility index (Phi) is 4.16. The van der Waals surface area contributed by atoms with Crippen LogP contribution in [0, 0.1) is 0 Å². The zero-order chi connectivity index (χ0) is 15.7. The Balaban J connectivity index is 1.75. The van der Waals surface area contributed by atoms with Crippen LogP contribution in [0.4, 0.5) is 0 Å². The van der Waals surface area contributed by atoms with Crippen molar-refractivity contribution in [3.05, 3.63) is 69.7 Å². The number of hydrogen-bond acceptors (Lipinski definition) is 1. The van der Waals surface area contributed by atoms with Crippen LogP contribution in [0.5, 0.6) is 0 Å². The number of hydrogen-bond donors (Lipinski definition) is 1. The summed E-state index contributed by atoms with van der Waals surface area (Å²) in [5, 5.41) is 4.13. The summed E-state index contributed by atoms with van der Waals surface area (Å²) in [5.41, 5.74) is 1.69. The third kappa shape index (κ3) is 2.86. The van der Waals surface area contributed by atoms with E-state index in [9.17, 15) is 4.79 Å². The topological polar surface area (TPSA) is 29.1 Å². The highest BCUT2D eigenvalue weighted by Crippen LogP contribution is 2.48. The summed E-state index contributed by atoms with van der Waals surface area (Å²) >= 11 is 12.0. The van der Waals surface area contributed by atoms with Gasteiger partial charge in [-0.25, -0.2) is 0 Å². The van der Waals surface area contributed by atoms with E-state index in [-0.39, 0.29) is 17.4 Å². The normalized spacial score (nSPS) is 16.9. The highest BCUT2D eigenvalue weighted by Gasteiger charge is 2.51. The first-order valence-corrected chi connectivity index (χ1v) is 8.10. The molecule has 1 aliphatic rings. The molecule has 22 heavy (non-hydrogen) atoms. The lowest BCUT2D eigenvalue weighted by Crippen LogP contribution is -2.36. The fraction of sp³-hybridized carbons (Fsp3) is 0.278. The molecule has 2 aromatic carbocycles. The molecule has 1 amide bonds. The summed E-state index contributed by atoms with van der Waals surface area (Å²) in [6.45, 7) is 1.96. The molecule has 1 N–H and O–H groups in total. The minimum atomic E-state index is -0.355. The number of amides is 1. The zero-order valence-electron chi connectivity index (χ0n) is 12.3. The molecule has 1 saturated carbocycles. The van der Waals surface area contributed by atoms with E-state index in [4.69, 9.17) is 23.2 Å². The summed E-state index contributed by atoms with van der Waals surface area (Å²) < 4.78 is 0. The number of nitrogens with one attached hydrogen (secondary N) is 1. The van der Waals surface area contributed by atoms with E-state index in [0.29, 0.717) is 10.0 Å². The van der Waals surface area contributed by atoms with Crippen LogP contribution in [-0.4, -0.2) is 5.91 Å². The van der Waals surface area contributed by atoms with Gasteiger partial charge < -0.3 is 5.32 Å². The molecule has 1 aliphatic carbocycles. The average molecular weight is 334 g/mol. The van der Waals surface area contributed by atoms with E-state index in [1.807, 2.05) is 43.3 Å². The van der Waals surface area contributed by atoms with E-state index in [1.165, 1.54) is 0 Å². The van der Waals surface area contributed by atoms with Crippen LogP contribution >= 0.6 is 23.2 Å². The standard InChI is InChI=1S/C18H17Cl2NO/c1-12(13-7-8-15(19)16(20)11-13)21-17(22)18(9-10-18)14-5-3-2-4-6-14/h2-8,11-12H,9-10H2,1H3,(H,21,22). The Morgan fingerprint density at radius 1 is 1.09 bits per heavy atom. The summed E-state index contributed by atoms with van der Waals surface area (Å²) in [5.74, 6) is 0.0808. The molecule has 1 atom stereocenters. The van der Waals surface area contributed by atoms with Crippen molar-refractivity contribution >= 4 is 29.1 Å². The fourth-order valence-electron chi connectivity index (χ4n) is 2.73. The first-order valence-electron chi connectivity index (χ1n) is 7.34. The van der Waals surface area contributed by atoms with Crippen LogP contribution in [0.25, 0.3) is 0 Å². The average Bonchev–Trinajstić information content (AvgIpc) is 3.32. The van der Waals surface area contributed by atoms with Gasteiger partial charge in [0.15, 0.2) is 0 Å². The van der Waals surface area contributed by atoms with Crippen molar-refractivity contribution in [2.24, 2.45) is 0 Å². The quantitative estimate of drug-likeness (QED) is 0.846. The molecule has 0 spiro atoms. The van der Waals surface area contributed by atoms with Crippen molar-refractivity contribution in [1.29, 1.82) is 0 Å². The number of benzene rings is 2. The minimum Gasteiger partial charge on any atom is -0.349 e. The molecule has 114 valence electrons. The van der Waals surface area contributed by atoms with Gasteiger partial charge in [-0.15, -0.1) is 0 Å². The zero-order valence-corrected chi connectivity index (χ0v) is 13.8. The second-order valence-electron chi connectivity index (χ2n) is 5.82. The molecule has 0 bridgehead atoms. The van der Waals surface area contributed by atoms with Gasteiger partial charge in [0, 0.05) is 0 Å². The molecule has 4 heteroatoms. The lowest BCUT2D eigenvalue weighted by Gasteiger charge is -2.20. The van der Waals surface area contributed by atoms with Crippen LogP contribution in [0.1, 0.15) is 36.9 Å². The Morgan fingerprint density at radius 3 is 2.36 bits per heavy atom. The predicted octanol–water partition coefficient (Wildman–Crippen LogP) is 4.90. The fourth-order valence-corrected chi connectivity index (χ4v) is 3.04. The maximum absolute atomic E-state index is 12.7. The maximum atomic E-state index is 12.7. The third-order valence-electron chi connectivity index (χ3n) is 4.30. The van der Waals surface area contributed by atoms with Gasteiger partial charge in [-0.1, -0.05) is 59.6 Å². The number of carbonyl (C=O) groups is 1. The van der Waals surface area contributed by atoms with E-state index in [0.717, 1.165) is 24.0 Å². The van der Waals surface area contributed by atoms with Gasteiger partial charge in [-0.2, -0.15) is 0 Å². The van der Waals surface area contributed by atoms with Gasteiger partial charge in [0.1, 0.15) is 0 Å². The van der Waals surface area contributed by atoms with Crippen LogP contribution in [0.15, 0.2) is 48.5 Å². The second kappa shape index (κ2) is 5.94. The Morgan fingerprint density at radius 2 is 1.77 bits per heavy atom. The van der Waals surface area contributed by atoms with E-state index in [2.05, 4.69) is 5.32 Å². The number of carbonyl (C=O) groups excluding carboxylic acids is 1. The first-order chi connectivity index (χ1) is 10.5. The SMILES string of the molecule is CC(NC(=O)C1(c2ccccc2)CC1)c1ccc(Cl)c(Cl)c1. The lowest BCUT2D eigenvalue weighted by atomic mass is 9.94. The van der Waals surface area contributed by atoms with Crippen molar-refractivity contribution in [2.75, 3.05) is 0 Å². The van der Waals surface area contributed by atoms with Crippen LogP contribution in [0.2, 0.25) is 10.0 Å². The van der Waals surface area contributed by atoms with E-state index >= 15 is 0 Å². The molecular formula is C18H17Cl2NO. The molecule has 1 fully saturated rings. The van der Waals surface area contributed by atoms with Crippen molar-refractivity contribution in [1.82, 2.24) is 5.32 Å².